The highest BCUT2D eigenvalue weighted by molar-refractivity contribution is 6.26. The summed E-state index contributed by atoms with van der Waals surface area (Å²) in [5.41, 5.74) is -1.67. The second-order valence-corrected chi connectivity index (χ2v) is 15.0. The van der Waals surface area contributed by atoms with Crippen LogP contribution in [0.4, 0.5) is 4.39 Å². The molecule has 276 valence electrons. The third kappa shape index (κ3) is 5.76. The molecule has 0 spiro atoms. The third-order valence-corrected chi connectivity index (χ3v) is 11.6. The van der Waals surface area contributed by atoms with Gasteiger partial charge in [-0.25, -0.2) is 4.39 Å². The van der Waals surface area contributed by atoms with Gasteiger partial charge in [0.1, 0.15) is 22.9 Å². The minimum atomic E-state index is -2.55. The van der Waals surface area contributed by atoms with E-state index in [9.17, 15) is 24.6 Å². The van der Waals surface area contributed by atoms with Crippen LogP contribution in [0.15, 0.2) is 10.1 Å². The molecule has 7 rings (SSSR count). The Morgan fingerprint density at radius 3 is 2.41 bits per heavy atom. The van der Waals surface area contributed by atoms with E-state index in [1.54, 1.807) is 23.9 Å². The lowest BCUT2D eigenvalue weighted by molar-refractivity contribution is -0.142. The maximum absolute atomic E-state index is 16.7. The number of nitrogens with one attached hydrogen (secondary N) is 1. The van der Waals surface area contributed by atoms with Gasteiger partial charge >= 0.3 is 0 Å². The van der Waals surface area contributed by atoms with Gasteiger partial charge in [0.2, 0.25) is 17.5 Å². The summed E-state index contributed by atoms with van der Waals surface area (Å²) in [6.07, 6.45) is 7.52. The molecule has 2 fully saturated rings. The monoisotopic (exact) mass is 708 g/mol. The number of nitrogens with zero attached hydrogens (tertiary/aromatic N) is 3. The number of halogens is 1. The van der Waals surface area contributed by atoms with Crippen LogP contribution in [0.3, 0.4) is 0 Å². The Bertz CT molecular complexity index is 1760. The van der Waals surface area contributed by atoms with Crippen molar-refractivity contribution >= 4 is 23.2 Å². The van der Waals surface area contributed by atoms with Gasteiger partial charge in [-0.05, 0) is 63.7 Å². The number of rotatable bonds is 12. The third-order valence-electron chi connectivity index (χ3n) is 11.6. The summed E-state index contributed by atoms with van der Waals surface area (Å²) in [6.45, 7) is 4.87. The van der Waals surface area contributed by atoms with Crippen molar-refractivity contribution in [3.63, 3.8) is 0 Å². The molecule has 12 nitrogen and oxygen atoms in total. The molecule has 1 amide bonds. The van der Waals surface area contributed by atoms with Crippen molar-refractivity contribution in [2.24, 2.45) is 11.8 Å². The summed E-state index contributed by atoms with van der Waals surface area (Å²) in [5.74, 6) is -4.30. The number of hydrogen-bond acceptors (Lipinski definition) is 11. The number of aliphatic hydroxyl groups is 2. The number of carbonyl (C=O) groups is 3. The highest BCUT2D eigenvalue weighted by Crippen LogP contribution is 2.57. The van der Waals surface area contributed by atoms with Crippen LogP contribution >= 0.6 is 0 Å². The minimum absolute atomic E-state index is 0.0382. The van der Waals surface area contributed by atoms with E-state index in [1.165, 1.54) is 0 Å². The number of hydrogen-bond donors (Lipinski definition) is 3. The van der Waals surface area contributed by atoms with Crippen molar-refractivity contribution in [1.82, 2.24) is 20.3 Å². The molecule has 1 aromatic carbocycles. The van der Waals surface area contributed by atoms with Crippen LogP contribution in [0.25, 0.3) is 5.76 Å². The molecule has 0 saturated heterocycles. The Labute approximate surface area is 297 Å². The van der Waals surface area contributed by atoms with Crippen molar-refractivity contribution in [2.75, 3.05) is 33.9 Å². The molecule has 0 bridgehead atoms. The summed E-state index contributed by atoms with van der Waals surface area (Å²) in [4.78, 5) is 45.6. The fourth-order valence-electron chi connectivity index (χ4n) is 8.92. The Morgan fingerprint density at radius 1 is 1.04 bits per heavy atom. The first-order chi connectivity index (χ1) is 24.5. The maximum Gasteiger partial charge on any atom is 0.265 e. The van der Waals surface area contributed by atoms with Crippen molar-refractivity contribution in [1.29, 1.82) is 0 Å². The van der Waals surface area contributed by atoms with Crippen LogP contribution in [-0.4, -0.2) is 88.1 Å². The summed E-state index contributed by atoms with van der Waals surface area (Å²) in [6, 6.07) is -0.434. The van der Waals surface area contributed by atoms with Crippen molar-refractivity contribution in [3.8, 4) is 11.6 Å². The maximum atomic E-state index is 16.7. The summed E-state index contributed by atoms with van der Waals surface area (Å²) >= 11 is 0. The number of fused-ring (bicyclic) bond motifs is 5. The van der Waals surface area contributed by atoms with Gasteiger partial charge in [-0.2, -0.15) is 0 Å². The van der Waals surface area contributed by atoms with E-state index in [2.05, 4.69) is 10.5 Å². The van der Waals surface area contributed by atoms with Crippen molar-refractivity contribution in [2.45, 2.75) is 109 Å². The van der Waals surface area contributed by atoms with Crippen molar-refractivity contribution < 1.29 is 43.0 Å². The zero-order chi connectivity index (χ0) is 36.2. The van der Waals surface area contributed by atoms with Crippen LogP contribution in [0, 0.1) is 17.7 Å². The molecule has 5 aliphatic rings. The number of ketones is 2. The van der Waals surface area contributed by atoms with Gasteiger partial charge in [0.15, 0.2) is 11.4 Å². The summed E-state index contributed by atoms with van der Waals surface area (Å²) in [5, 5.41) is 31.8. The molecule has 0 unspecified atom stereocenters. The molecular formula is C38H49FN4O8. The Hall–Kier alpha value is -3.81. The molecular weight excluding hydrogens is 659 g/mol. The number of Topliss-reactive ketones (excluding diaryl/α,β-unsaturated/α-hetero) is 2. The normalized spacial score (nSPS) is 25.5. The molecule has 13 heteroatoms. The Balaban J connectivity index is 1.28. The summed E-state index contributed by atoms with van der Waals surface area (Å²) in [7, 11) is 3.51. The molecule has 1 aromatic heterocycles. The summed E-state index contributed by atoms with van der Waals surface area (Å²) < 4.78 is 34.5. The van der Waals surface area contributed by atoms with E-state index in [0.29, 0.717) is 30.0 Å². The first-order valence-corrected chi connectivity index (χ1v) is 18.6. The van der Waals surface area contributed by atoms with Crippen molar-refractivity contribution in [3.05, 3.63) is 45.0 Å². The van der Waals surface area contributed by atoms with E-state index in [-0.39, 0.29) is 91.3 Å². The predicted octanol–water partition coefficient (Wildman–Crippen LogP) is 4.81. The van der Waals surface area contributed by atoms with Gasteiger partial charge in [0.05, 0.1) is 37.9 Å². The lowest BCUT2D eigenvalue weighted by Crippen LogP contribution is -2.63. The zero-order valence-electron chi connectivity index (χ0n) is 30.0. The van der Waals surface area contributed by atoms with Gasteiger partial charge in [-0.15, -0.1) is 0 Å². The number of amides is 1. The van der Waals surface area contributed by atoms with E-state index in [0.717, 1.165) is 38.5 Å². The van der Waals surface area contributed by atoms with Gasteiger partial charge in [-0.3, -0.25) is 19.3 Å². The molecule has 0 radical (unpaired) electrons. The molecule has 51 heavy (non-hydrogen) atoms. The lowest BCUT2D eigenvalue weighted by atomic mass is 9.57. The molecule has 2 aromatic rings. The predicted molar refractivity (Wildman–Crippen MR) is 184 cm³/mol. The van der Waals surface area contributed by atoms with Gasteiger partial charge in [0, 0.05) is 40.8 Å². The molecule has 4 atom stereocenters. The number of unbranched alkanes of at least 4 members (excludes halogenated alkanes) is 2. The largest absolute Gasteiger partial charge is 0.507 e. The highest BCUT2D eigenvalue weighted by atomic mass is 19.1. The second-order valence-electron chi connectivity index (χ2n) is 15.0. The van der Waals surface area contributed by atoms with Crippen LogP contribution < -0.4 is 14.8 Å². The van der Waals surface area contributed by atoms with Gasteiger partial charge in [0.25, 0.3) is 5.88 Å². The zero-order valence-corrected chi connectivity index (χ0v) is 30.0. The minimum Gasteiger partial charge on any atom is -0.507 e. The van der Waals surface area contributed by atoms with E-state index < -0.39 is 46.6 Å². The first-order valence-electron chi connectivity index (χ1n) is 18.6. The molecule has 1 aliphatic heterocycles. The number of aromatic nitrogens is 1. The molecule has 2 heterocycles. The molecule has 4 aliphatic carbocycles. The van der Waals surface area contributed by atoms with Gasteiger partial charge < -0.3 is 34.4 Å². The number of carbonyl (C=O) groups excluding carboxylic acids is 3. The molecule has 3 N–H and O–H groups in total. The lowest BCUT2D eigenvalue weighted by Gasteiger charge is -2.49. The Morgan fingerprint density at radius 2 is 1.73 bits per heavy atom. The highest BCUT2D eigenvalue weighted by Gasteiger charge is 2.65. The smallest absolute Gasteiger partial charge is 0.265 e. The number of benzene rings is 1. The van der Waals surface area contributed by atoms with Crippen LogP contribution in [0.5, 0.6) is 11.6 Å². The number of ether oxygens (including phenoxy) is 2. The SMILES string of the molecule is CCCCOc1noc2c1C(=O)[C@@]1(O)C(=O)C3=C(O)c4c(c(F)c5c(c4OCCCC)CN(C(=O)CNC4CCCC4)C5)C[C@H]3C[C@H]1[C@@H]2N(C)C. The van der Waals surface area contributed by atoms with E-state index in [1.807, 2.05) is 13.8 Å². The second kappa shape index (κ2) is 14.0. The Kier molecular flexibility index (Phi) is 9.74. The quantitative estimate of drug-likeness (QED) is 0.206. The van der Waals surface area contributed by atoms with Crippen LogP contribution in [0.1, 0.15) is 116 Å². The standard InChI is InChI=1S/C38H49FN4O8/c1-5-7-13-49-33-24-19-43(26(44)17-40-21-11-9-10-12-21)18-23(24)30(39)22-15-20-16-25-31(42(3)4)34-29(37(41-51-34)50-14-8-6-2)36(47)38(25,48)35(46)27(20)32(45)28(22)33/h20-21,25,31,40,45,48H,5-19H2,1-4H3/t20-,25-,31-,38-/m0/s1. The molecule has 2 saturated carbocycles. The average molecular weight is 709 g/mol. The van der Waals surface area contributed by atoms with E-state index >= 15 is 4.39 Å². The fourth-order valence-corrected chi connectivity index (χ4v) is 8.92. The fraction of sp³-hybridized carbons (Fsp3) is 0.632. The van der Waals surface area contributed by atoms with Gasteiger partial charge in [-0.1, -0.05) is 39.5 Å². The number of aliphatic hydroxyl groups excluding tert-OH is 1. The average Bonchev–Trinajstić information content (AvgIpc) is 3.88. The van der Waals surface area contributed by atoms with E-state index in [4.69, 9.17) is 14.0 Å². The van der Waals surface area contributed by atoms with Crippen LogP contribution in [0.2, 0.25) is 0 Å². The topological polar surface area (TPSA) is 155 Å². The first kappa shape index (κ1) is 35.6. The van der Waals surface area contributed by atoms with Crippen LogP contribution in [-0.2, 0) is 29.1 Å².